The molecule has 3 aromatic carbocycles. The molecule has 0 spiro atoms. The van der Waals surface area contributed by atoms with Gasteiger partial charge in [0.15, 0.2) is 5.78 Å². The Kier molecular flexibility index (Phi) is 3.15. The van der Waals surface area contributed by atoms with Crippen molar-refractivity contribution in [2.24, 2.45) is 0 Å². The van der Waals surface area contributed by atoms with E-state index in [1.165, 1.54) is 19.1 Å². The normalized spacial score (nSPS) is 15.3. The van der Waals surface area contributed by atoms with Crippen LogP contribution in [0.2, 0.25) is 0 Å². The summed E-state index contributed by atoms with van der Waals surface area (Å²) in [4.78, 5) is 16.8. The minimum Gasteiger partial charge on any atom is -0.323 e. The number of hydrogen-bond donors (Lipinski definition) is 1. The van der Waals surface area contributed by atoms with E-state index in [0.29, 0.717) is 5.03 Å². The van der Waals surface area contributed by atoms with Crippen molar-refractivity contribution in [2.75, 3.05) is 4.72 Å². The van der Waals surface area contributed by atoms with Gasteiger partial charge in [0.2, 0.25) is 0 Å². The van der Waals surface area contributed by atoms with Crippen LogP contribution in [0.5, 0.6) is 0 Å². The second kappa shape index (κ2) is 8.76. The van der Waals surface area contributed by atoms with E-state index in [9.17, 15) is 4.79 Å². The highest BCUT2D eigenvalue weighted by molar-refractivity contribution is 8.00. The molecular formula is C25H20N2OS. The zero-order valence-electron chi connectivity index (χ0n) is 25.2. The van der Waals surface area contributed by atoms with Crippen LogP contribution in [0.4, 0.5) is 5.69 Å². The van der Waals surface area contributed by atoms with Crippen LogP contribution in [-0.4, -0.2) is 10.8 Å². The Bertz CT molecular complexity index is 1500. The minimum absolute atomic E-state index is 0.0185. The van der Waals surface area contributed by atoms with Gasteiger partial charge in [-0.25, -0.2) is 4.98 Å². The number of carbonyl (C=O) groups is 1. The Morgan fingerprint density at radius 1 is 0.931 bits per heavy atom. The first-order chi connectivity index (χ1) is 18.4. The lowest BCUT2D eigenvalue weighted by Gasteiger charge is -2.18. The lowest BCUT2D eigenvalue weighted by atomic mass is 9.92. The molecule has 1 heterocycles. The third-order valence-electron chi connectivity index (χ3n) is 3.98. The van der Waals surface area contributed by atoms with Crippen molar-refractivity contribution in [3.8, 4) is 22.3 Å². The molecule has 0 aliphatic rings. The molecule has 0 atom stereocenters. The molecule has 1 aromatic heterocycles. The van der Waals surface area contributed by atoms with Gasteiger partial charge in [-0.1, -0.05) is 66.5 Å². The van der Waals surface area contributed by atoms with Gasteiger partial charge < -0.3 is 4.72 Å². The van der Waals surface area contributed by atoms with Crippen LogP contribution in [0.3, 0.4) is 0 Å². The Morgan fingerprint density at radius 3 is 2.00 bits per heavy atom. The molecule has 4 rings (SSSR count). The molecule has 4 heteroatoms. The number of carbonyl (C=O) groups excluding carboxylic acids is 1. The van der Waals surface area contributed by atoms with Crippen LogP contribution in [-0.2, 0) is 0 Å². The summed E-state index contributed by atoms with van der Waals surface area (Å²) in [5.41, 5.74) is -0.279. The van der Waals surface area contributed by atoms with Gasteiger partial charge in [0, 0.05) is 34.8 Å². The van der Waals surface area contributed by atoms with Crippen molar-refractivity contribution in [3.05, 3.63) is 103 Å². The van der Waals surface area contributed by atoms with Gasteiger partial charge in [0.25, 0.3) is 0 Å². The number of aromatic nitrogens is 1. The Morgan fingerprint density at radius 2 is 1.52 bits per heavy atom. The van der Waals surface area contributed by atoms with Crippen LogP contribution in [0.15, 0.2) is 102 Å². The van der Waals surface area contributed by atoms with Gasteiger partial charge in [0.05, 0.1) is 19.4 Å². The van der Waals surface area contributed by atoms with Crippen LogP contribution in [0.1, 0.15) is 31.0 Å². The molecule has 0 saturated heterocycles. The number of nitrogens with one attached hydrogen (secondary N) is 1. The third-order valence-corrected chi connectivity index (χ3v) is 4.74. The highest BCUT2D eigenvalue weighted by Crippen LogP contribution is 2.40. The van der Waals surface area contributed by atoms with E-state index in [1.54, 1.807) is 24.4 Å². The van der Waals surface area contributed by atoms with E-state index in [4.69, 9.17) is 13.7 Å². The Balaban J connectivity index is 2.17. The summed E-state index contributed by atoms with van der Waals surface area (Å²) < 4.78 is 85.8. The van der Waals surface area contributed by atoms with Crippen molar-refractivity contribution in [1.82, 2.24) is 4.98 Å². The highest BCUT2D eigenvalue weighted by atomic mass is 32.2. The average Bonchev–Trinajstić information content (AvgIpc) is 2.92. The number of benzene rings is 3. The molecule has 3 nitrogen and oxygen atoms in total. The molecule has 0 unspecified atom stereocenters. The van der Waals surface area contributed by atoms with Gasteiger partial charge >= 0.3 is 0 Å². The monoisotopic (exact) mass is 406 g/mol. The largest absolute Gasteiger partial charge is 0.323 e. The van der Waals surface area contributed by atoms with E-state index in [2.05, 4.69) is 9.71 Å². The maximum Gasteiger partial charge on any atom is 0.159 e. The SMILES string of the molecule is [2H]c1c([2H])c([2H])c(-c2cc(C(C)=O)cc(-c3c([2H])c([2H])c([2H])c([2H])c3[2H])c2NSc2ccccn2)c([2H])c1[2H]. The molecule has 0 aliphatic heterocycles. The fraction of sp³-hybridized carbons (Fsp3) is 0.0400. The topological polar surface area (TPSA) is 42.0 Å². The molecule has 0 bridgehead atoms. The average molecular weight is 407 g/mol. The predicted octanol–water partition coefficient (Wildman–Crippen LogP) is 6.74. The number of nitrogens with zero attached hydrogens (tertiary/aromatic N) is 1. The number of Topliss-reactive ketones (excluding diaryl/α,β-unsaturated/α-hetero) is 1. The van der Waals surface area contributed by atoms with E-state index < -0.39 is 66.2 Å². The zero-order valence-corrected chi connectivity index (χ0v) is 16.0. The fourth-order valence-corrected chi connectivity index (χ4v) is 3.32. The van der Waals surface area contributed by atoms with Crippen molar-refractivity contribution in [3.63, 3.8) is 0 Å². The Labute approximate surface area is 189 Å². The van der Waals surface area contributed by atoms with Gasteiger partial charge in [-0.3, -0.25) is 4.79 Å². The molecule has 0 amide bonds. The van der Waals surface area contributed by atoms with E-state index in [-0.39, 0.29) is 33.5 Å². The number of pyridine rings is 1. The molecule has 142 valence electrons. The van der Waals surface area contributed by atoms with E-state index in [1.807, 2.05) is 0 Å². The van der Waals surface area contributed by atoms with Gasteiger partial charge in [0.1, 0.15) is 5.03 Å². The Hall–Kier alpha value is -3.37. The summed E-state index contributed by atoms with van der Waals surface area (Å²) in [6.45, 7) is 1.27. The maximum atomic E-state index is 12.6. The summed E-state index contributed by atoms with van der Waals surface area (Å²) in [6.07, 6.45) is 1.55. The quantitative estimate of drug-likeness (QED) is 0.284. The number of rotatable bonds is 6. The molecule has 0 saturated carbocycles. The fourth-order valence-electron chi connectivity index (χ4n) is 2.63. The lowest BCUT2D eigenvalue weighted by molar-refractivity contribution is 0.101. The standard InChI is InChI=1S/C25H20N2OS/c1-18(28)21-16-22(19-10-4-2-5-11-19)25(27-29-24-14-8-9-15-26-24)23(17-21)20-12-6-3-7-13-20/h2-17,27H,1H3/i2D,3D,4D,5D,6D,7D,10D,11D,12D,13D. The molecule has 1 N–H and O–H groups in total. The second-order valence-electron chi connectivity index (χ2n) is 5.87. The van der Waals surface area contributed by atoms with Crippen molar-refractivity contribution >= 4 is 23.4 Å². The summed E-state index contributed by atoms with van der Waals surface area (Å²) in [5, 5.41) is 0.493. The molecule has 0 fully saturated rings. The van der Waals surface area contributed by atoms with Crippen molar-refractivity contribution in [2.45, 2.75) is 11.9 Å². The van der Waals surface area contributed by atoms with Gasteiger partial charge in [-0.05, 0) is 42.3 Å². The first kappa shape index (κ1) is 10.4. The summed E-state index contributed by atoms with van der Waals surface area (Å²) in [5.74, 6) is -0.443. The molecule has 29 heavy (non-hydrogen) atoms. The first-order valence-corrected chi connectivity index (χ1v) is 9.35. The number of anilines is 1. The number of ketones is 1. The summed E-state index contributed by atoms with van der Waals surface area (Å²) in [7, 11) is 0. The minimum atomic E-state index is -0.598. The highest BCUT2D eigenvalue weighted by Gasteiger charge is 2.16. The molecule has 0 radical (unpaired) electrons. The number of hydrogen-bond acceptors (Lipinski definition) is 4. The van der Waals surface area contributed by atoms with Crippen LogP contribution >= 0.6 is 11.9 Å². The second-order valence-corrected chi connectivity index (χ2v) is 6.70. The predicted molar refractivity (Wildman–Crippen MR) is 121 cm³/mol. The third kappa shape index (κ3) is 4.39. The summed E-state index contributed by atoms with van der Waals surface area (Å²) in [6, 6.07) is 2.18. The first-order valence-electron chi connectivity index (χ1n) is 13.5. The summed E-state index contributed by atoms with van der Waals surface area (Å²) >= 11 is 0.999. The van der Waals surface area contributed by atoms with Crippen molar-refractivity contribution < 1.29 is 18.5 Å². The van der Waals surface area contributed by atoms with Gasteiger partial charge in [-0.15, -0.1) is 0 Å². The lowest BCUT2D eigenvalue weighted by Crippen LogP contribution is -2.00. The molecule has 4 aromatic rings. The van der Waals surface area contributed by atoms with Gasteiger partial charge in [-0.2, -0.15) is 0 Å². The molecular weight excluding hydrogens is 376 g/mol. The van der Waals surface area contributed by atoms with Crippen LogP contribution in [0, 0.1) is 0 Å². The molecule has 0 aliphatic carbocycles. The van der Waals surface area contributed by atoms with Crippen molar-refractivity contribution in [1.29, 1.82) is 0 Å². The van der Waals surface area contributed by atoms with Crippen LogP contribution < -0.4 is 4.72 Å². The van der Waals surface area contributed by atoms with Crippen LogP contribution in [0.25, 0.3) is 22.3 Å². The van der Waals surface area contributed by atoms with E-state index in [0.717, 1.165) is 11.9 Å². The van der Waals surface area contributed by atoms with E-state index >= 15 is 0 Å². The smallest absolute Gasteiger partial charge is 0.159 e. The maximum absolute atomic E-state index is 12.6. The zero-order chi connectivity index (χ0) is 28.8.